The second-order valence-corrected chi connectivity index (χ2v) is 8.21. The summed E-state index contributed by atoms with van der Waals surface area (Å²) >= 11 is 0. The molecule has 1 aliphatic rings. The first-order chi connectivity index (χ1) is 12.8. The van der Waals surface area contributed by atoms with Crippen molar-refractivity contribution in [3.05, 3.63) is 53.6 Å². The van der Waals surface area contributed by atoms with Crippen molar-refractivity contribution in [2.75, 3.05) is 10.7 Å². The molecular weight excluding hydrogens is 364 g/mol. The SMILES string of the molecule is CCC(C)Cc1cccc2c1/C(=N/Nc1ccc(S(N)(=O)=O)cc1)C(=O)N2. The van der Waals surface area contributed by atoms with E-state index in [1.54, 1.807) is 12.1 Å². The molecule has 4 N–H and O–H groups in total. The van der Waals surface area contributed by atoms with E-state index in [2.05, 4.69) is 29.7 Å². The average Bonchev–Trinajstić information content (AvgIpc) is 2.95. The third-order valence-corrected chi connectivity index (χ3v) is 5.53. The van der Waals surface area contributed by atoms with E-state index in [0.717, 1.165) is 29.7 Å². The summed E-state index contributed by atoms with van der Waals surface area (Å²) in [7, 11) is -3.75. The van der Waals surface area contributed by atoms with E-state index in [1.807, 2.05) is 18.2 Å². The summed E-state index contributed by atoms with van der Waals surface area (Å²) in [5.74, 6) is 0.224. The van der Waals surface area contributed by atoms with E-state index in [1.165, 1.54) is 12.1 Å². The zero-order valence-corrected chi connectivity index (χ0v) is 16.0. The van der Waals surface area contributed by atoms with Gasteiger partial charge in [0.1, 0.15) is 0 Å². The topological polar surface area (TPSA) is 114 Å². The van der Waals surface area contributed by atoms with Gasteiger partial charge in [0.05, 0.1) is 16.3 Å². The molecule has 1 atom stereocenters. The van der Waals surface area contributed by atoms with Crippen molar-refractivity contribution < 1.29 is 13.2 Å². The first-order valence-electron chi connectivity index (χ1n) is 8.69. The van der Waals surface area contributed by atoms with Gasteiger partial charge in [-0.2, -0.15) is 5.10 Å². The van der Waals surface area contributed by atoms with Crippen LogP contribution < -0.4 is 15.9 Å². The molecule has 0 spiro atoms. The van der Waals surface area contributed by atoms with Crippen LogP contribution in [0, 0.1) is 5.92 Å². The van der Waals surface area contributed by atoms with Crippen molar-refractivity contribution >= 4 is 33.0 Å². The summed E-state index contributed by atoms with van der Waals surface area (Å²) in [4.78, 5) is 12.4. The summed E-state index contributed by atoms with van der Waals surface area (Å²) in [5, 5.41) is 12.2. The predicted octanol–water partition coefficient (Wildman–Crippen LogP) is 2.69. The number of sulfonamides is 1. The Morgan fingerprint density at radius 1 is 1.19 bits per heavy atom. The quantitative estimate of drug-likeness (QED) is 0.662. The lowest BCUT2D eigenvalue weighted by Crippen LogP contribution is -2.17. The van der Waals surface area contributed by atoms with Gasteiger partial charge in [-0.3, -0.25) is 10.2 Å². The van der Waals surface area contributed by atoms with Crippen molar-refractivity contribution in [2.24, 2.45) is 16.2 Å². The molecule has 27 heavy (non-hydrogen) atoms. The molecule has 142 valence electrons. The minimum absolute atomic E-state index is 0.0143. The average molecular weight is 386 g/mol. The van der Waals surface area contributed by atoms with Crippen LogP contribution >= 0.6 is 0 Å². The lowest BCUT2D eigenvalue weighted by Gasteiger charge is -2.12. The molecule has 1 unspecified atom stereocenters. The molecular formula is C19H22N4O3S. The first-order valence-corrected chi connectivity index (χ1v) is 10.2. The zero-order valence-electron chi connectivity index (χ0n) is 15.2. The molecule has 3 rings (SSSR count). The Labute approximate surface area is 158 Å². The van der Waals surface area contributed by atoms with Crippen LogP contribution in [0.1, 0.15) is 31.4 Å². The van der Waals surface area contributed by atoms with Crippen LogP contribution in [0.5, 0.6) is 0 Å². The van der Waals surface area contributed by atoms with E-state index >= 15 is 0 Å². The molecule has 0 fully saturated rings. The van der Waals surface area contributed by atoms with Gasteiger partial charge in [0.25, 0.3) is 5.91 Å². The fourth-order valence-electron chi connectivity index (χ4n) is 2.92. The fraction of sp³-hybridized carbons (Fsp3) is 0.263. The minimum Gasteiger partial charge on any atom is -0.320 e. The predicted molar refractivity (Wildman–Crippen MR) is 106 cm³/mol. The van der Waals surface area contributed by atoms with Crippen molar-refractivity contribution in [3.8, 4) is 0 Å². The normalized spacial score (nSPS) is 16.1. The Hall–Kier alpha value is -2.71. The van der Waals surface area contributed by atoms with Gasteiger partial charge in [-0.05, 0) is 48.2 Å². The number of anilines is 2. The van der Waals surface area contributed by atoms with Gasteiger partial charge >= 0.3 is 0 Å². The van der Waals surface area contributed by atoms with Crippen LogP contribution in [0.15, 0.2) is 52.5 Å². The maximum absolute atomic E-state index is 12.4. The number of benzene rings is 2. The van der Waals surface area contributed by atoms with Gasteiger partial charge in [-0.25, -0.2) is 13.6 Å². The minimum atomic E-state index is -3.75. The number of nitrogens with zero attached hydrogens (tertiary/aromatic N) is 1. The number of carbonyl (C=O) groups excluding carboxylic acids is 1. The molecule has 1 heterocycles. The molecule has 2 aromatic rings. The third-order valence-electron chi connectivity index (χ3n) is 4.60. The molecule has 0 aliphatic carbocycles. The highest BCUT2D eigenvalue weighted by Gasteiger charge is 2.29. The number of carbonyl (C=O) groups is 1. The molecule has 1 amide bonds. The zero-order chi connectivity index (χ0) is 19.6. The van der Waals surface area contributed by atoms with Gasteiger partial charge in [0.2, 0.25) is 10.0 Å². The highest BCUT2D eigenvalue weighted by molar-refractivity contribution is 7.89. The summed E-state index contributed by atoms with van der Waals surface area (Å²) in [6.45, 7) is 4.31. The fourth-order valence-corrected chi connectivity index (χ4v) is 3.43. The summed E-state index contributed by atoms with van der Waals surface area (Å²) in [6.07, 6.45) is 1.91. The Balaban J connectivity index is 1.89. The highest BCUT2D eigenvalue weighted by Crippen LogP contribution is 2.29. The molecule has 0 aromatic heterocycles. The van der Waals surface area contributed by atoms with Crippen LogP contribution in [0.4, 0.5) is 11.4 Å². The number of rotatable bonds is 6. The van der Waals surface area contributed by atoms with Crippen molar-refractivity contribution in [2.45, 2.75) is 31.6 Å². The largest absolute Gasteiger partial charge is 0.320 e. The summed E-state index contributed by atoms with van der Waals surface area (Å²) in [6, 6.07) is 11.7. The Kier molecular flexibility index (Phi) is 5.29. The van der Waals surface area contributed by atoms with Gasteiger partial charge < -0.3 is 5.32 Å². The first kappa shape index (κ1) is 19.1. The molecule has 7 nitrogen and oxygen atoms in total. The van der Waals surface area contributed by atoms with Gasteiger partial charge in [-0.15, -0.1) is 0 Å². The van der Waals surface area contributed by atoms with Crippen LogP contribution in [-0.2, 0) is 21.2 Å². The Morgan fingerprint density at radius 3 is 2.52 bits per heavy atom. The number of hydrazone groups is 1. The number of nitrogens with one attached hydrogen (secondary N) is 2. The van der Waals surface area contributed by atoms with E-state index in [9.17, 15) is 13.2 Å². The lowest BCUT2D eigenvalue weighted by molar-refractivity contribution is -0.110. The Bertz CT molecular complexity index is 998. The van der Waals surface area contributed by atoms with E-state index in [-0.39, 0.29) is 10.8 Å². The highest BCUT2D eigenvalue weighted by atomic mass is 32.2. The second-order valence-electron chi connectivity index (χ2n) is 6.65. The molecule has 0 bridgehead atoms. The lowest BCUT2D eigenvalue weighted by atomic mass is 9.93. The standard InChI is InChI=1S/C19H22N4O3S/c1-3-12(2)11-13-5-4-6-16-17(13)18(19(24)21-16)23-22-14-7-9-15(10-8-14)27(20,25)26/h4-10,12,22H,3,11H2,1-2H3,(H2,20,25,26)(H,21,23,24). The molecule has 8 heteroatoms. The van der Waals surface area contributed by atoms with Gasteiger partial charge in [0, 0.05) is 5.56 Å². The van der Waals surface area contributed by atoms with Crippen LogP contribution in [0.25, 0.3) is 0 Å². The number of primary sulfonamides is 1. The van der Waals surface area contributed by atoms with E-state index in [4.69, 9.17) is 5.14 Å². The number of fused-ring (bicyclic) bond motifs is 1. The van der Waals surface area contributed by atoms with Crippen LogP contribution in [-0.4, -0.2) is 20.0 Å². The van der Waals surface area contributed by atoms with Gasteiger partial charge in [0.15, 0.2) is 5.71 Å². The third kappa shape index (κ3) is 4.17. The maximum atomic E-state index is 12.4. The summed E-state index contributed by atoms with van der Waals surface area (Å²) in [5.41, 5.74) is 6.34. The molecule has 0 radical (unpaired) electrons. The molecule has 2 aromatic carbocycles. The van der Waals surface area contributed by atoms with Crippen molar-refractivity contribution in [1.29, 1.82) is 0 Å². The number of hydrogen-bond donors (Lipinski definition) is 3. The van der Waals surface area contributed by atoms with Crippen molar-refractivity contribution in [1.82, 2.24) is 0 Å². The van der Waals surface area contributed by atoms with Crippen LogP contribution in [0.3, 0.4) is 0 Å². The monoisotopic (exact) mass is 386 g/mol. The van der Waals surface area contributed by atoms with E-state index < -0.39 is 10.0 Å². The maximum Gasteiger partial charge on any atom is 0.276 e. The van der Waals surface area contributed by atoms with Gasteiger partial charge in [-0.1, -0.05) is 32.4 Å². The number of amides is 1. The van der Waals surface area contributed by atoms with Crippen LogP contribution in [0.2, 0.25) is 0 Å². The molecule has 0 saturated heterocycles. The molecule has 1 aliphatic heterocycles. The summed E-state index contributed by atoms with van der Waals surface area (Å²) < 4.78 is 22.6. The second kappa shape index (κ2) is 7.50. The number of nitrogens with two attached hydrogens (primary N) is 1. The smallest absolute Gasteiger partial charge is 0.276 e. The molecule has 0 saturated carbocycles. The Morgan fingerprint density at radius 2 is 1.89 bits per heavy atom. The van der Waals surface area contributed by atoms with Crippen molar-refractivity contribution in [3.63, 3.8) is 0 Å². The van der Waals surface area contributed by atoms with E-state index in [0.29, 0.717) is 17.3 Å². The number of hydrogen-bond acceptors (Lipinski definition) is 5.